The SMILES string of the molecule is c1ccc(-n2c3ccccc3c3cc(-c4ccc(N(c5ccc(-c6ccc7c(c6)c6ccccc6n7-c6ccccc6)cc5)c5cccc6ccccc56)cc4)ccc32)cc1. The third kappa shape index (κ3) is 5.82. The maximum absolute atomic E-state index is 2.39. The summed E-state index contributed by atoms with van der Waals surface area (Å²) >= 11 is 0. The normalized spacial score (nSPS) is 11.6. The second kappa shape index (κ2) is 14.3. The predicted molar refractivity (Wildman–Crippen MR) is 258 cm³/mol. The number of benzene rings is 10. The van der Waals surface area contributed by atoms with Crippen LogP contribution in [-0.2, 0) is 0 Å². The Bertz CT molecular complexity index is 3360. The van der Waals surface area contributed by atoms with E-state index < -0.39 is 0 Å². The first-order valence-corrected chi connectivity index (χ1v) is 20.9. The average Bonchev–Trinajstić information content (AvgIpc) is 3.85. The maximum Gasteiger partial charge on any atom is 0.0541 e. The molecule has 2 heterocycles. The van der Waals surface area contributed by atoms with Crippen molar-refractivity contribution in [1.82, 2.24) is 9.13 Å². The molecule has 10 aromatic carbocycles. The van der Waals surface area contributed by atoms with Crippen LogP contribution in [0.2, 0.25) is 0 Å². The lowest BCUT2D eigenvalue weighted by Gasteiger charge is -2.27. The van der Waals surface area contributed by atoms with E-state index in [9.17, 15) is 0 Å². The molecule has 3 heteroatoms. The van der Waals surface area contributed by atoms with E-state index in [0.29, 0.717) is 0 Å². The van der Waals surface area contributed by atoms with Gasteiger partial charge in [-0.25, -0.2) is 0 Å². The van der Waals surface area contributed by atoms with Crippen molar-refractivity contribution in [3.8, 4) is 33.6 Å². The topological polar surface area (TPSA) is 13.1 Å². The van der Waals surface area contributed by atoms with E-state index in [1.807, 2.05) is 0 Å². The number of hydrogen-bond acceptors (Lipinski definition) is 1. The molecule has 0 aliphatic rings. The summed E-state index contributed by atoms with van der Waals surface area (Å²) in [4.78, 5) is 2.39. The Morgan fingerprint density at radius 1 is 0.262 bits per heavy atom. The molecule has 0 aliphatic heterocycles. The lowest BCUT2D eigenvalue weighted by molar-refractivity contribution is 1.18. The van der Waals surface area contributed by atoms with Gasteiger partial charge in [0.25, 0.3) is 0 Å². The highest BCUT2D eigenvalue weighted by Gasteiger charge is 2.18. The molecule has 286 valence electrons. The van der Waals surface area contributed by atoms with Crippen molar-refractivity contribution in [3.05, 3.63) is 237 Å². The highest BCUT2D eigenvalue weighted by atomic mass is 15.1. The van der Waals surface area contributed by atoms with Gasteiger partial charge in [-0.1, -0.05) is 146 Å². The van der Waals surface area contributed by atoms with E-state index in [-0.39, 0.29) is 0 Å². The molecule has 0 saturated carbocycles. The van der Waals surface area contributed by atoms with Crippen LogP contribution in [0.5, 0.6) is 0 Å². The zero-order chi connectivity index (χ0) is 40.3. The Hall–Kier alpha value is -8.14. The van der Waals surface area contributed by atoms with Gasteiger partial charge in [-0.15, -0.1) is 0 Å². The number of rotatable bonds is 7. The largest absolute Gasteiger partial charge is 0.310 e. The molecule has 0 unspecified atom stereocenters. The number of fused-ring (bicyclic) bond motifs is 7. The second-order valence-electron chi connectivity index (χ2n) is 15.8. The zero-order valence-electron chi connectivity index (χ0n) is 33.4. The summed E-state index contributed by atoms with van der Waals surface area (Å²) in [5.41, 5.74) is 15.3. The van der Waals surface area contributed by atoms with Crippen molar-refractivity contribution >= 4 is 71.4 Å². The molecule has 0 fully saturated rings. The van der Waals surface area contributed by atoms with Gasteiger partial charge >= 0.3 is 0 Å². The van der Waals surface area contributed by atoms with Crippen molar-refractivity contribution in [3.63, 3.8) is 0 Å². The number of hydrogen-bond donors (Lipinski definition) is 0. The lowest BCUT2D eigenvalue weighted by Crippen LogP contribution is -2.10. The summed E-state index contributed by atoms with van der Waals surface area (Å²) in [6, 6.07) is 85.8. The van der Waals surface area contributed by atoms with Crippen LogP contribution in [0.25, 0.3) is 88.0 Å². The van der Waals surface area contributed by atoms with E-state index in [1.165, 1.54) is 88.0 Å². The number of anilines is 3. The fourth-order valence-electron chi connectivity index (χ4n) is 9.45. The number of aromatic nitrogens is 2. The van der Waals surface area contributed by atoms with Crippen molar-refractivity contribution < 1.29 is 0 Å². The quantitative estimate of drug-likeness (QED) is 0.157. The Morgan fingerprint density at radius 2 is 0.656 bits per heavy atom. The summed E-state index contributed by atoms with van der Waals surface area (Å²) in [6.07, 6.45) is 0. The smallest absolute Gasteiger partial charge is 0.0541 e. The minimum absolute atomic E-state index is 1.10. The molecule has 0 spiro atoms. The van der Waals surface area contributed by atoms with Gasteiger partial charge in [-0.05, 0) is 119 Å². The molecule has 12 aromatic rings. The molecular formula is C58H39N3. The van der Waals surface area contributed by atoms with E-state index in [0.717, 1.165) is 17.1 Å². The molecule has 0 bridgehead atoms. The van der Waals surface area contributed by atoms with Crippen LogP contribution in [-0.4, -0.2) is 9.13 Å². The summed E-state index contributed by atoms with van der Waals surface area (Å²) < 4.78 is 4.74. The van der Waals surface area contributed by atoms with Crippen LogP contribution >= 0.6 is 0 Å². The van der Waals surface area contributed by atoms with Crippen LogP contribution in [0.1, 0.15) is 0 Å². The van der Waals surface area contributed by atoms with Crippen LogP contribution in [0.4, 0.5) is 17.1 Å². The second-order valence-corrected chi connectivity index (χ2v) is 15.8. The fourth-order valence-corrected chi connectivity index (χ4v) is 9.45. The van der Waals surface area contributed by atoms with Crippen LogP contribution < -0.4 is 4.90 Å². The third-order valence-electron chi connectivity index (χ3n) is 12.3. The fraction of sp³-hybridized carbons (Fsp3) is 0. The minimum Gasteiger partial charge on any atom is -0.310 e. The van der Waals surface area contributed by atoms with Gasteiger partial charge in [0.15, 0.2) is 0 Å². The Morgan fingerprint density at radius 3 is 1.16 bits per heavy atom. The van der Waals surface area contributed by atoms with Crippen molar-refractivity contribution in [2.24, 2.45) is 0 Å². The highest BCUT2D eigenvalue weighted by molar-refractivity contribution is 6.12. The summed E-state index contributed by atoms with van der Waals surface area (Å²) in [5.74, 6) is 0. The molecule has 61 heavy (non-hydrogen) atoms. The van der Waals surface area contributed by atoms with Crippen molar-refractivity contribution in [1.29, 1.82) is 0 Å². The first-order chi connectivity index (χ1) is 30.3. The summed E-state index contributed by atoms with van der Waals surface area (Å²) in [6.45, 7) is 0. The van der Waals surface area contributed by atoms with Crippen molar-refractivity contribution in [2.45, 2.75) is 0 Å². The van der Waals surface area contributed by atoms with Gasteiger partial charge in [-0.3, -0.25) is 0 Å². The zero-order valence-corrected chi connectivity index (χ0v) is 33.4. The first kappa shape index (κ1) is 34.9. The standard InChI is InChI=1S/C58H39N3/c1-3-16-45(17-4-1)60-55-23-11-9-21-50(55)52-38-43(30-36-57(52)60)40-26-32-47(33-27-40)59(54-25-13-15-42-14-7-8-20-49(42)54)48-34-28-41(29-35-48)44-31-37-58-53(39-44)51-22-10-12-24-56(51)61(58)46-18-5-2-6-19-46/h1-39H. The Balaban J connectivity index is 0.937. The molecule has 0 radical (unpaired) electrons. The van der Waals surface area contributed by atoms with E-state index >= 15 is 0 Å². The highest BCUT2D eigenvalue weighted by Crippen LogP contribution is 2.42. The molecule has 0 atom stereocenters. The molecule has 12 rings (SSSR count). The number of para-hydroxylation sites is 4. The van der Waals surface area contributed by atoms with E-state index in [1.54, 1.807) is 0 Å². The molecule has 0 aliphatic carbocycles. The molecule has 0 N–H and O–H groups in total. The van der Waals surface area contributed by atoms with E-state index in [4.69, 9.17) is 0 Å². The summed E-state index contributed by atoms with van der Waals surface area (Å²) in [5, 5.41) is 7.43. The molecule has 3 nitrogen and oxygen atoms in total. The summed E-state index contributed by atoms with van der Waals surface area (Å²) in [7, 11) is 0. The van der Waals surface area contributed by atoms with E-state index in [2.05, 4.69) is 251 Å². The number of nitrogens with zero attached hydrogens (tertiary/aromatic N) is 3. The van der Waals surface area contributed by atoms with Gasteiger partial charge in [0.2, 0.25) is 0 Å². The van der Waals surface area contributed by atoms with Gasteiger partial charge in [0.05, 0.1) is 27.8 Å². The third-order valence-corrected chi connectivity index (χ3v) is 12.3. The first-order valence-electron chi connectivity index (χ1n) is 20.9. The Kier molecular flexibility index (Phi) is 8.17. The molecular weight excluding hydrogens is 739 g/mol. The Labute approximate surface area is 354 Å². The maximum atomic E-state index is 2.39. The minimum atomic E-state index is 1.10. The van der Waals surface area contributed by atoms with Crippen LogP contribution in [0.3, 0.4) is 0 Å². The average molecular weight is 778 g/mol. The van der Waals surface area contributed by atoms with Gasteiger partial charge in [0, 0.05) is 49.7 Å². The molecule has 0 saturated heterocycles. The van der Waals surface area contributed by atoms with Crippen LogP contribution in [0, 0.1) is 0 Å². The molecule has 2 aromatic heterocycles. The van der Waals surface area contributed by atoms with Crippen LogP contribution in [0.15, 0.2) is 237 Å². The van der Waals surface area contributed by atoms with Gasteiger partial charge < -0.3 is 14.0 Å². The van der Waals surface area contributed by atoms with Gasteiger partial charge in [-0.2, -0.15) is 0 Å². The lowest BCUT2D eigenvalue weighted by atomic mass is 10.0. The monoisotopic (exact) mass is 777 g/mol. The predicted octanol–water partition coefficient (Wildman–Crippen LogP) is 15.8. The molecule has 0 amide bonds. The van der Waals surface area contributed by atoms with Gasteiger partial charge in [0.1, 0.15) is 0 Å². The van der Waals surface area contributed by atoms with Crippen molar-refractivity contribution in [2.75, 3.05) is 4.90 Å².